The van der Waals surface area contributed by atoms with E-state index < -0.39 is 6.61 Å². The molecule has 3 rings (SSSR count). The minimum absolute atomic E-state index is 0.104. The van der Waals surface area contributed by atoms with Gasteiger partial charge >= 0.3 is 6.61 Å². The Hall–Kier alpha value is -0.220. The summed E-state index contributed by atoms with van der Waals surface area (Å²) in [6.07, 6.45) is 3.23. The average molecular weight is 233 g/mol. The first-order chi connectivity index (χ1) is 7.44. The molecule has 0 radical (unpaired) electrons. The topological polar surface area (TPSA) is 12.5 Å². The maximum absolute atomic E-state index is 12.2. The molecule has 3 fully saturated rings. The highest BCUT2D eigenvalue weighted by Crippen LogP contribution is 2.50. The van der Waals surface area contributed by atoms with Crippen LogP contribution in [-0.2, 0) is 4.74 Å². The molecule has 0 aromatic carbocycles. The molecule has 3 aliphatic rings. The molecule has 2 bridgehead atoms. The van der Waals surface area contributed by atoms with Crippen molar-refractivity contribution in [1.29, 1.82) is 0 Å². The summed E-state index contributed by atoms with van der Waals surface area (Å²) in [6.45, 7) is 4.03. The van der Waals surface area contributed by atoms with Crippen molar-refractivity contribution in [3.8, 4) is 0 Å². The Morgan fingerprint density at radius 1 is 1.38 bits per heavy atom. The van der Waals surface area contributed by atoms with Crippen molar-refractivity contribution in [2.45, 2.75) is 64.3 Å². The Balaban J connectivity index is 2.04. The molecule has 2 aliphatic heterocycles. The SMILES string of the molecule is CC1CC2CC(COC(F)F)(C1)N2C(C)C. The average Bonchev–Trinajstić information content (AvgIpc) is 2.12. The molecule has 0 aromatic heterocycles. The molecule has 3 atom stereocenters. The Morgan fingerprint density at radius 2 is 2.06 bits per heavy atom. The van der Waals surface area contributed by atoms with E-state index in [0.29, 0.717) is 18.0 Å². The molecule has 2 nitrogen and oxygen atoms in total. The third kappa shape index (κ3) is 1.97. The van der Waals surface area contributed by atoms with E-state index >= 15 is 0 Å². The van der Waals surface area contributed by atoms with Gasteiger partial charge < -0.3 is 4.74 Å². The van der Waals surface area contributed by atoms with E-state index in [1.807, 2.05) is 0 Å². The maximum atomic E-state index is 12.2. The number of piperidine rings is 1. The van der Waals surface area contributed by atoms with E-state index in [9.17, 15) is 8.78 Å². The van der Waals surface area contributed by atoms with Gasteiger partial charge in [-0.2, -0.15) is 8.78 Å². The van der Waals surface area contributed by atoms with E-state index in [0.717, 1.165) is 12.8 Å². The standard InChI is InChI=1S/C12H21F2NO/c1-8(2)15-10-4-9(3)5-12(15,6-10)7-16-11(13)14/h8-11H,4-7H2,1-3H3. The van der Waals surface area contributed by atoms with Crippen molar-refractivity contribution in [2.75, 3.05) is 6.61 Å². The van der Waals surface area contributed by atoms with E-state index in [2.05, 4.69) is 30.4 Å². The van der Waals surface area contributed by atoms with Crippen LogP contribution in [0, 0.1) is 5.92 Å². The fourth-order valence-corrected chi connectivity index (χ4v) is 3.88. The number of ether oxygens (including phenoxy) is 1. The summed E-state index contributed by atoms with van der Waals surface area (Å²) in [4.78, 5) is 2.38. The van der Waals surface area contributed by atoms with Gasteiger partial charge in [-0.05, 0) is 39.0 Å². The van der Waals surface area contributed by atoms with Gasteiger partial charge in [-0.15, -0.1) is 0 Å². The summed E-state index contributed by atoms with van der Waals surface area (Å²) in [7, 11) is 0. The highest BCUT2D eigenvalue weighted by atomic mass is 19.3. The smallest absolute Gasteiger partial charge is 0.321 e. The van der Waals surface area contributed by atoms with Crippen molar-refractivity contribution in [1.82, 2.24) is 4.90 Å². The van der Waals surface area contributed by atoms with Crippen LogP contribution in [0.2, 0.25) is 0 Å². The van der Waals surface area contributed by atoms with Crippen LogP contribution in [0.15, 0.2) is 0 Å². The van der Waals surface area contributed by atoms with Gasteiger partial charge in [0.2, 0.25) is 0 Å². The van der Waals surface area contributed by atoms with Gasteiger partial charge in [0.05, 0.1) is 6.61 Å². The minimum Gasteiger partial charge on any atom is -0.321 e. The molecule has 1 aliphatic carbocycles. The summed E-state index contributed by atoms with van der Waals surface area (Å²) >= 11 is 0. The zero-order chi connectivity index (χ0) is 11.9. The van der Waals surface area contributed by atoms with Gasteiger partial charge in [0.15, 0.2) is 0 Å². The van der Waals surface area contributed by atoms with Crippen molar-refractivity contribution in [3.05, 3.63) is 0 Å². The van der Waals surface area contributed by atoms with Gasteiger partial charge in [0.25, 0.3) is 0 Å². The second kappa shape index (κ2) is 4.22. The number of hydrogen-bond donors (Lipinski definition) is 0. The quantitative estimate of drug-likeness (QED) is 0.740. The molecule has 2 saturated heterocycles. The normalized spacial score (nSPS) is 39.2. The van der Waals surface area contributed by atoms with Gasteiger partial charge in [-0.1, -0.05) is 6.92 Å². The van der Waals surface area contributed by atoms with Crippen LogP contribution in [0.3, 0.4) is 0 Å². The molecule has 2 heterocycles. The van der Waals surface area contributed by atoms with Crippen molar-refractivity contribution >= 4 is 0 Å². The molecule has 0 aromatic rings. The van der Waals surface area contributed by atoms with Crippen LogP contribution in [0.4, 0.5) is 8.78 Å². The molecular weight excluding hydrogens is 212 g/mol. The lowest BCUT2D eigenvalue weighted by Crippen LogP contribution is -2.73. The number of hydrogen-bond acceptors (Lipinski definition) is 2. The predicted molar refractivity (Wildman–Crippen MR) is 58.5 cm³/mol. The van der Waals surface area contributed by atoms with Crippen molar-refractivity contribution in [3.63, 3.8) is 0 Å². The third-order valence-electron chi connectivity index (χ3n) is 3.99. The first-order valence-electron chi connectivity index (χ1n) is 6.13. The Labute approximate surface area is 95.9 Å². The van der Waals surface area contributed by atoms with Gasteiger partial charge in [-0.25, -0.2) is 0 Å². The lowest BCUT2D eigenvalue weighted by atomic mass is 9.64. The number of nitrogens with zero attached hydrogens (tertiary/aromatic N) is 1. The summed E-state index contributed by atoms with van der Waals surface area (Å²) in [5.41, 5.74) is -0.104. The molecule has 0 N–H and O–H groups in total. The minimum atomic E-state index is -2.64. The van der Waals surface area contributed by atoms with E-state index in [1.54, 1.807) is 0 Å². The Kier molecular flexibility index (Phi) is 3.23. The molecular formula is C12H21F2NO. The number of alkyl halides is 2. The van der Waals surface area contributed by atoms with Gasteiger partial charge in [-0.3, -0.25) is 4.90 Å². The van der Waals surface area contributed by atoms with Crippen LogP contribution in [0.1, 0.15) is 40.0 Å². The lowest BCUT2D eigenvalue weighted by molar-refractivity contribution is -0.219. The first kappa shape index (κ1) is 12.2. The highest BCUT2D eigenvalue weighted by Gasteiger charge is 2.56. The molecule has 94 valence electrons. The molecule has 0 amide bonds. The third-order valence-corrected chi connectivity index (χ3v) is 3.99. The van der Waals surface area contributed by atoms with E-state index in [1.165, 1.54) is 6.42 Å². The maximum Gasteiger partial charge on any atom is 0.345 e. The van der Waals surface area contributed by atoms with Crippen LogP contribution in [0.25, 0.3) is 0 Å². The first-order valence-corrected chi connectivity index (χ1v) is 6.13. The molecule has 1 saturated carbocycles. The molecule has 0 spiro atoms. The van der Waals surface area contributed by atoms with Gasteiger partial charge in [0.1, 0.15) is 0 Å². The molecule has 3 unspecified atom stereocenters. The lowest BCUT2D eigenvalue weighted by Gasteiger charge is -2.65. The predicted octanol–water partition coefficient (Wildman–Crippen LogP) is 2.88. The largest absolute Gasteiger partial charge is 0.345 e. The zero-order valence-corrected chi connectivity index (χ0v) is 10.2. The second-order valence-electron chi connectivity index (χ2n) is 5.70. The zero-order valence-electron chi connectivity index (χ0n) is 10.2. The van der Waals surface area contributed by atoms with Crippen LogP contribution >= 0.6 is 0 Å². The monoisotopic (exact) mass is 233 g/mol. The summed E-state index contributed by atoms with van der Waals surface area (Å²) in [5.74, 6) is 0.634. The van der Waals surface area contributed by atoms with Gasteiger partial charge in [0, 0.05) is 17.6 Å². The number of halogens is 2. The molecule has 4 heteroatoms. The fourth-order valence-electron chi connectivity index (χ4n) is 3.88. The van der Waals surface area contributed by atoms with E-state index in [-0.39, 0.29) is 12.1 Å². The highest BCUT2D eigenvalue weighted by molar-refractivity contribution is 5.11. The van der Waals surface area contributed by atoms with Crippen LogP contribution in [0.5, 0.6) is 0 Å². The van der Waals surface area contributed by atoms with Crippen molar-refractivity contribution in [2.24, 2.45) is 5.92 Å². The van der Waals surface area contributed by atoms with Crippen molar-refractivity contribution < 1.29 is 13.5 Å². The number of rotatable bonds is 4. The van der Waals surface area contributed by atoms with E-state index in [4.69, 9.17) is 0 Å². The molecule has 16 heavy (non-hydrogen) atoms. The Morgan fingerprint density at radius 3 is 2.62 bits per heavy atom. The summed E-state index contributed by atoms with van der Waals surface area (Å²) in [6, 6.07) is 1.01. The Bertz CT molecular complexity index is 259. The number of fused-ring (bicyclic) bond motifs is 2. The van der Waals surface area contributed by atoms with Crippen LogP contribution in [-0.4, -0.2) is 35.7 Å². The second-order valence-corrected chi connectivity index (χ2v) is 5.70. The fraction of sp³-hybridized carbons (Fsp3) is 1.00. The summed E-state index contributed by atoms with van der Waals surface area (Å²) < 4.78 is 28.9. The van der Waals surface area contributed by atoms with Crippen LogP contribution < -0.4 is 0 Å². The summed E-state index contributed by atoms with van der Waals surface area (Å²) in [5, 5.41) is 0.